The van der Waals surface area contributed by atoms with Gasteiger partial charge in [0, 0.05) is 22.4 Å². The van der Waals surface area contributed by atoms with Crippen LogP contribution < -0.4 is 4.74 Å². The number of hydrogen-bond acceptors (Lipinski definition) is 5. The summed E-state index contributed by atoms with van der Waals surface area (Å²) in [6, 6.07) is 11.6. The first kappa shape index (κ1) is 19.1. The number of fused-ring (bicyclic) bond motifs is 1. The van der Waals surface area contributed by atoms with E-state index in [4.69, 9.17) is 9.84 Å². The van der Waals surface area contributed by atoms with Gasteiger partial charge in [-0.05, 0) is 57.7 Å². The molecule has 4 rings (SSSR count). The number of benzene rings is 1. The molecule has 29 heavy (non-hydrogen) atoms. The Labute approximate surface area is 176 Å². The minimum absolute atomic E-state index is 0.196. The van der Waals surface area contributed by atoms with Crippen LogP contribution in [-0.2, 0) is 0 Å². The highest BCUT2D eigenvalue weighted by atomic mass is 79.9. The minimum atomic E-state index is 0.196. The number of ether oxygens (including phenoxy) is 1. The fourth-order valence-electron chi connectivity index (χ4n) is 3.30. The van der Waals surface area contributed by atoms with Crippen molar-refractivity contribution in [3.05, 3.63) is 64.7 Å². The zero-order valence-corrected chi connectivity index (χ0v) is 17.8. The maximum absolute atomic E-state index is 9.20. The second-order valence-corrected chi connectivity index (χ2v) is 7.75. The molecule has 0 aliphatic rings. The van der Waals surface area contributed by atoms with Crippen LogP contribution in [-0.4, -0.2) is 26.9 Å². The minimum Gasteiger partial charge on any atom is -0.495 e. The molecule has 0 unspecified atom stereocenters. The highest BCUT2D eigenvalue weighted by molar-refractivity contribution is 9.10. The van der Waals surface area contributed by atoms with Gasteiger partial charge in [0.25, 0.3) is 0 Å². The lowest BCUT2D eigenvalue weighted by molar-refractivity contribution is 0.413. The Morgan fingerprint density at radius 1 is 1.17 bits per heavy atom. The van der Waals surface area contributed by atoms with Gasteiger partial charge in [-0.3, -0.25) is 4.98 Å². The molecule has 144 valence electrons. The summed E-state index contributed by atoms with van der Waals surface area (Å²) in [4.78, 5) is 8.93. The van der Waals surface area contributed by atoms with Gasteiger partial charge >= 0.3 is 0 Å². The Morgan fingerprint density at radius 3 is 2.69 bits per heavy atom. The van der Waals surface area contributed by atoms with E-state index < -0.39 is 0 Å². The van der Waals surface area contributed by atoms with E-state index in [0.717, 1.165) is 38.0 Å². The molecule has 0 spiro atoms. The second kappa shape index (κ2) is 7.64. The summed E-state index contributed by atoms with van der Waals surface area (Å²) >= 11 is 3.47. The molecule has 6 nitrogen and oxygen atoms in total. The molecule has 0 N–H and O–H groups in total. The van der Waals surface area contributed by atoms with Crippen LogP contribution >= 0.6 is 15.9 Å². The highest BCUT2D eigenvalue weighted by Gasteiger charge is 2.20. The number of pyridine rings is 2. The maximum Gasteiger partial charge on any atom is 0.163 e. The second-order valence-electron chi connectivity index (χ2n) is 6.90. The van der Waals surface area contributed by atoms with Crippen molar-refractivity contribution in [1.29, 1.82) is 5.26 Å². The number of methoxy groups -OCH3 is 1. The third-order valence-electron chi connectivity index (χ3n) is 4.72. The number of aromatic nitrogens is 4. The van der Waals surface area contributed by atoms with E-state index in [1.165, 1.54) is 0 Å². The monoisotopic (exact) mass is 447 g/mol. The van der Waals surface area contributed by atoms with Gasteiger partial charge in [-0.2, -0.15) is 10.4 Å². The van der Waals surface area contributed by atoms with E-state index in [2.05, 4.69) is 45.8 Å². The van der Waals surface area contributed by atoms with Crippen molar-refractivity contribution in [2.45, 2.75) is 19.8 Å². The van der Waals surface area contributed by atoms with E-state index >= 15 is 0 Å². The summed E-state index contributed by atoms with van der Waals surface area (Å²) in [5.74, 6) is 0.893. The molecule has 4 aromatic rings. The van der Waals surface area contributed by atoms with Crippen molar-refractivity contribution in [2.24, 2.45) is 0 Å². The smallest absolute Gasteiger partial charge is 0.163 e. The predicted molar refractivity (Wildman–Crippen MR) is 115 cm³/mol. The molecule has 3 aromatic heterocycles. The van der Waals surface area contributed by atoms with Crippen LogP contribution in [0.3, 0.4) is 0 Å². The normalized spacial score (nSPS) is 11.0. The van der Waals surface area contributed by atoms with Gasteiger partial charge in [-0.15, -0.1) is 0 Å². The third-order valence-corrected chi connectivity index (χ3v) is 5.38. The van der Waals surface area contributed by atoms with Crippen molar-refractivity contribution < 1.29 is 4.74 Å². The molecular formula is C22H18BrN5O. The lowest BCUT2D eigenvalue weighted by atomic mass is 9.99. The SMILES string of the molecule is COc1cncc(-c2ccnc3c2c(C(C)C)nn3-c2ccc(C#N)c(Br)c2)c1. The Hall–Kier alpha value is -3.24. The molecule has 3 heterocycles. The summed E-state index contributed by atoms with van der Waals surface area (Å²) in [5.41, 5.74) is 5.06. The van der Waals surface area contributed by atoms with Gasteiger partial charge < -0.3 is 4.74 Å². The Bertz CT molecular complexity index is 1260. The summed E-state index contributed by atoms with van der Waals surface area (Å²) in [7, 11) is 1.63. The van der Waals surface area contributed by atoms with Crippen molar-refractivity contribution in [3.63, 3.8) is 0 Å². The fraction of sp³-hybridized carbons (Fsp3) is 0.182. The fourth-order valence-corrected chi connectivity index (χ4v) is 3.75. The van der Waals surface area contributed by atoms with E-state index in [9.17, 15) is 5.26 Å². The maximum atomic E-state index is 9.20. The first-order valence-corrected chi connectivity index (χ1v) is 9.90. The van der Waals surface area contributed by atoms with Gasteiger partial charge in [0.2, 0.25) is 0 Å². The molecule has 0 bridgehead atoms. The largest absolute Gasteiger partial charge is 0.495 e. The van der Waals surface area contributed by atoms with Crippen LogP contribution in [0.2, 0.25) is 0 Å². The first-order chi connectivity index (χ1) is 14.0. The molecule has 0 fully saturated rings. The van der Waals surface area contributed by atoms with Crippen LogP contribution in [0.15, 0.2) is 53.4 Å². The van der Waals surface area contributed by atoms with Crippen LogP contribution in [0.5, 0.6) is 5.75 Å². The number of halogens is 1. The van der Waals surface area contributed by atoms with Gasteiger partial charge in [-0.1, -0.05) is 13.8 Å². The number of nitriles is 1. The Balaban J connectivity index is 2.00. The van der Waals surface area contributed by atoms with Crippen molar-refractivity contribution in [3.8, 4) is 28.6 Å². The average Bonchev–Trinajstić information content (AvgIpc) is 3.14. The molecule has 1 aromatic carbocycles. The molecule has 0 amide bonds. The van der Waals surface area contributed by atoms with Crippen LogP contribution in [0, 0.1) is 11.3 Å². The van der Waals surface area contributed by atoms with Gasteiger partial charge in [0.05, 0.1) is 35.6 Å². The molecular weight excluding hydrogens is 430 g/mol. The van der Waals surface area contributed by atoms with Gasteiger partial charge in [0.1, 0.15) is 11.8 Å². The highest BCUT2D eigenvalue weighted by Crippen LogP contribution is 2.35. The third kappa shape index (κ3) is 3.36. The quantitative estimate of drug-likeness (QED) is 0.426. The zero-order valence-electron chi connectivity index (χ0n) is 16.2. The van der Waals surface area contributed by atoms with Crippen LogP contribution in [0.25, 0.3) is 27.8 Å². The van der Waals surface area contributed by atoms with E-state index in [1.807, 2.05) is 35.1 Å². The Morgan fingerprint density at radius 2 is 2.00 bits per heavy atom. The lowest BCUT2D eigenvalue weighted by Gasteiger charge is -2.08. The average molecular weight is 448 g/mol. The van der Waals surface area contributed by atoms with Gasteiger partial charge in [0.15, 0.2) is 5.65 Å². The molecule has 0 aliphatic carbocycles. The summed E-state index contributed by atoms with van der Waals surface area (Å²) in [6.45, 7) is 4.23. The van der Waals surface area contributed by atoms with Crippen molar-refractivity contribution in [1.82, 2.24) is 19.7 Å². The van der Waals surface area contributed by atoms with Crippen molar-refractivity contribution >= 4 is 27.0 Å². The van der Waals surface area contributed by atoms with E-state index in [1.54, 1.807) is 25.6 Å². The lowest BCUT2D eigenvalue weighted by Crippen LogP contribution is -1.99. The summed E-state index contributed by atoms with van der Waals surface area (Å²) < 4.78 is 7.89. The molecule has 0 aliphatic heterocycles. The summed E-state index contributed by atoms with van der Waals surface area (Å²) in [5, 5.41) is 15.1. The zero-order chi connectivity index (χ0) is 20.5. The van der Waals surface area contributed by atoms with Crippen molar-refractivity contribution in [2.75, 3.05) is 7.11 Å². The molecule has 0 saturated heterocycles. The first-order valence-electron chi connectivity index (χ1n) is 9.10. The van der Waals surface area contributed by atoms with E-state index in [-0.39, 0.29) is 5.92 Å². The van der Waals surface area contributed by atoms with Gasteiger partial charge in [-0.25, -0.2) is 9.67 Å². The molecule has 0 saturated carbocycles. The van der Waals surface area contributed by atoms with Crippen LogP contribution in [0.1, 0.15) is 31.0 Å². The Kier molecular flexibility index (Phi) is 5.03. The number of nitrogens with zero attached hydrogens (tertiary/aromatic N) is 5. The molecule has 0 radical (unpaired) electrons. The summed E-state index contributed by atoms with van der Waals surface area (Å²) in [6.07, 6.45) is 5.28. The predicted octanol–water partition coefficient (Wildman–Crippen LogP) is 5.25. The van der Waals surface area contributed by atoms with E-state index in [0.29, 0.717) is 11.3 Å². The molecule has 7 heteroatoms. The topological polar surface area (TPSA) is 76.6 Å². The molecule has 0 atom stereocenters. The van der Waals surface area contributed by atoms with Crippen LogP contribution in [0.4, 0.5) is 0 Å². The number of hydrogen-bond donors (Lipinski definition) is 0. The number of rotatable bonds is 4. The standard InChI is InChI=1S/C22H18BrN5O/c1-13(2)21-20-18(15-8-17(29-3)12-25-11-15)6-7-26-22(20)28(27-21)16-5-4-14(10-24)19(23)9-16/h4-9,11-13H,1-3H3.